The first-order chi connectivity index (χ1) is 8.59. The van der Waals surface area contributed by atoms with Gasteiger partial charge in [0.05, 0.1) is 12.1 Å². The summed E-state index contributed by atoms with van der Waals surface area (Å²) in [6, 6.07) is 11.1. The molecule has 1 aromatic carbocycles. The molecule has 1 unspecified atom stereocenters. The van der Waals surface area contributed by atoms with Crippen LogP contribution < -0.4 is 5.73 Å². The van der Waals surface area contributed by atoms with E-state index in [0.29, 0.717) is 12.6 Å². The first kappa shape index (κ1) is 13.5. The lowest BCUT2D eigenvalue weighted by molar-refractivity contribution is 0.132. The predicted octanol–water partition coefficient (Wildman–Crippen LogP) is 2.01. The van der Waals surface area contributed by atoms with Crippen molar-refractivity contribution in [3.8, 4) is 0 Å². The first-order valence-corrected chi connectivity index (χ1v) is 6.74. The molecule has 0 bridgehead atoms. The van der Waals surface area contributed by atoms with E-state index in [1.54, 1.807) is 0 Å². The van der Waals surface area contributed by atoms with Gasteiger partial charge >= 0.3 is 0 Å². The van der Waals surface area contributed by atoms with Gasteiger partial charge in [0.15, 0.2) is 0 Å². The molecule has 100 valence electrons. The highest BCUT2D eigenvalue weighted by Crippen LogP contribution is 2.19. The predicted molar refractivity (Wildman–Crippen MR) is 74.3 cm³/mol. The fourth-order valence-corrected chi connectivity index (χ4v) is 2.39. The van der Waals surface area contributed by atoms with Gasteiger partial charge in [0.2, 0.25) is 0 Å². The van der Waals surface area contributed by atoms with Gasteiger partial charge in [-0.25, -0.2) is 0 Å². The van der Waals surface area contributed by atoms with Gasteiger partial charge in [-0.2, -0.15) is 0 Å². The molecule has 1 fully saturated rings. The van der Waals surface area contributed by atoms with Crippen LogP contribution in [-0.2, 0) is 11.3 Å². The minimum Gasteiger partial charge on any atom is -0.379 e. The summed E-state index contributed by atoms with van der Waals surface area (Å²) < 4.78 is 5.44. The van der Waals surface area contributed by atoms with Crippen molar-refractivity contribution in [2.75, 3.05) is 19.8 Å². The summed E-state index contributed by atoms with van der Waals surface area (Å²) in [5.74, 6) is 0. The van der Waals surface area contributed by atoms with E-state index in [1.807, 2.05) is 0 Å². The number of rotatable bonds is 5. The molecule has 1 saturated heterocycles. The van der Waals surface area contributed by atoms with Crippen LogP contribution in [0.1, 0.15) is 25.8 Å². The lowest BCUT2D eigenvalue weighted by Crippen LogP contribution is -2.52. The second kappa shape index (κ2) is 5.83. The summed E-state index contributed by atoms with van der Waals surface area (Å²) >= 11 is 0. The number of nitrogens with two attached hydrogens (primary N) is 1. The quantitative estimate of drug-likeness (QED) is 0.866. The molecule has 3 heteroatoms. The molecule has 18 heavy (non-hydrogen) atoms. The Hall–Kier alpha value is -0.900. The summed E-state index contributed by atoms with van der Waals surface area (Å²) in [5, 5.41) is 0. The number of hydrogen-bond acceptors (Lipinski definition) is 3. The molecule has 1 aliphatic heterocycles. The minimum absolute atomic E-state index is 0.168. The van der Waals surface area contributed by atoms with E-state index in [-0.39, 0.29) is 5.54 Å². The topological polar surface area (TPSA) is 38.5 Å². The molecule has 1 atom stereocenters. The van der Waals surface area contributed by atoms with E-state index in [1.165, 1.54) is 5.56 Å². The van der Waals surface area contributed by atoms with Gasteiger partial charge in [-0.15, -0.1) is 0 Å². The molecule has 1 aliphatic rings. The van der Waals surface area contributed by atoms with Crippen LogP contribution in [-0.4, -0.2) is 36.2 Å². The van der Waals surface area contributed by atoms with E-state index in [2.05, 4.69) is 49.1 Å². The zero-order chi connectivity index (χ0) is 13.0. The largest absolute Gasteiger partial charge is 0.379 e. The van der Waals surface area contributed by atoms with Crippen molar-refractivity contribution < 1.29 is 4.74 Å². The Balaban J connectivity index is 2.00. The van der Waals surface area contributed by atoms with Gasteiger partial charge in [0, 0.05) is 25.7 Å². The van der Waals surface area contributed by atoms with Gasteiger partial charge in [0.25, 0.3) is 0 Å². The summed E-state index contributed by atoms with van der Waals surface area (Å²) in [4.78, 5) is 2.43. The molecular formula is C15H24N2O. The Morgan fingerprint density at radius 3 is 2.61 bits per heavy atom. The Labute approximate surface area is 110 Å². The smallest absolute Gasteiger partial charge is 0.0659 e. The van der Waals surface area contributed by atoms with Gasteiger partial charge in [-0.3, -0.25) is 4.90 Å². The lowest BCUT2D eigenvalue weighted by Gasteiger charge is -2.34. The maximum Gasteiger partial charge on any atom is 0.0659 e. The zero-order valence-electron chi connectivity index (χ0n) is 11.4. The molecule has 3 nitrogen and oxygen atoms in total. The molecule has 0 spiro atoms. The highest BCUT2D eigenvalue weighted by Gasteiger charge is 2.33. The Morgan fingerprint density at radius 2 is 2.06 bits per heavy atom. The van der Waals surface area contributed by atoms with Crippen LogP contribution in [0, 0.1) is 0 Å². The zero-order valence-corrected chi connectivity index (χ0v) is 11.4. The third-order valence-electron chi connectivity index (χ3n) is 3.61. The standard InChI is InChI=1S/C15H24N2O/c1-13(2)17(10-14-6-4-3-5-7-14)11-15(16)8-9-18-12-15/h3-7,13H,8-12,16H2,1-2H3. The molecule has 2 rings (SSSR count). The molecule has 2 N–H and O–H groups in total. The molecule has 1 aromatic rings. The molecular weight excluding hydrogens is 224 g/mol. The molecule has 1 heterocycles. The maximum absolute atomic E-state index is 6.38. The fraction of sp³-hybridized carbons (Fsp3) is 0.600. The lowest BCUT2D eigenvalue weighted by atomic mass is 9.98. The summed E-state index contributed by atoms with van der Waals surface area (Å²) in [6.45, 7) is 7.79. The van der Waals surface area contributed by atoms with Crippen molar-refractivity contribution in [1.29, 1.82) is 0 Å². The van der Waals surface area contributed by atoms with Crippen LogP contribution in [0.4, 0.5) is 0 Å². The summed E-state index contributed by atoms with van der Waals surface area (Å²) in [6.07, 6.45) is 0.963. The molecule has 0 aromatic heterocycles. The van der Waals surface area contributed by atoms with Crippen molar-refractivity contribution in [1.82, 2.24) is 4.90 Å². The molecule has 0 amide bonds. The minimum atomic E-state index is -0.168. The highest BCUT2D eigenvalue weighted by molar-refractivity contribution is 5.14. The Morgan fingerprint density at radius 1 is 1.33 bits per heavy atom. The van der Waals surface area contributed by atoms with Crippen LogP contribution in [0.3, 0.4) is 0 Å². The number of hydrogen-bond donors (Lipinski definition) is 1. The monoisotopic (exact) mass is 248 g/mol. The van der Waals surface area contributed by atoms with Crippen molar-refractivity contribution >= 4 is 0 Å². The summed E-state index contributed by atoms with van der Waals surface area (Å²) in [7, 11) is 0. The third kappa shape index (κ3) is 3.55. The molecule has 0 saturated carbocycles. The van der Waals surface area contributed by atoms with Crippen LogP contribution in [0.2, 0.25) is 0 Å². The Kier molecular flexibility index (Phi) is 4.38. The Bertz CT molecular complexity index is 358. The van der Waals surface area contributed by atoms with E-state index >= 15 is 0 Å². The van der Waals surface area contributed by atoms with Gasteiger partial charge in [-0.05, 0) is 25.8 Å². The van der Waals surface area contributed by atoms with E-state index in [9.17, 15) is 0 Å². The SMILES string of the molecule is CC(C)N(Cc1ccccc1)CC1(N)CCOC1. The van der Waals surface area contributed by atoms with E-state index in [4.69, 9.17) is 10.5 Å². The molecule has 0 aliphatic carbocycles. The first-order valence-electron chi connectivity index (χ1n) is 6.74. The van der Waals surface area contributed by atoms with Gasteiger partial charge < -0.3 is 10.5 Å². The normalized spacial score (nSPS) is 24.1. The number of benzene rings is 1. The van der Waals surface area contributed by atoms with Gasteiger partial charge in [-0.1, -0.05) is 30.3 Å². The molecule has 0 radical (unpaired) electrons. The summed E-state index contributed by atoms with van der Waals surface area (Å²) in [5.41, 5.74) is 7.56. The van der Waals surface area contributed by atoms with Crippen LogP contribution in [0.15, 0.2) is 30.3 Å². The fourth-order valence-electron chi connectivity index (χ4n) is 2.39. The van der Waals surface area contributed by atoms with Crippen LogP contribution in [0.5, 0.6) is 0 Å². The van der Waals surface area contributed by atoms with Crippen LogP contribution >= 0.6 is 0 Å². The average Bonchev–Trinajstić information content (AvgIpc) is 2.76. The second-order valence-corrected chi connectivity index (χ2v) is 5.65. The maximum atomic E-state index is 6.38. The third-order valence-corrected chi connectivity index (χ3v) is 3.61. The van der Waals surface area contributed by atoms with E-state index in [0.717, 1.165) is 26.1 Å². The van der Waals surface area contributed by atoms with Crippen molar-refractivity contribution in [2.45, 2.75) is 38.4 Å². The number of nitrogens with zero attached hydrogens (tertiary/aromatic N) is 1. The number of ether oxygens (including phenoxy) is 1. The van der Waals surface area contributed by atoms with Crippen molar-refractivity contribution in [2.24, 2.45) is 5.73 Å². The van der Waals surface area contributed by atoms with Crippen molar-refractivity contribution in [3.63, 3.8) is 0 Å². The average molecular weight is 248 g/mol. The van der Waals surface area contributed by atoms with Crippen molar-refractivity contribution in [3.05, 3.63) is 35.9 Å². The van der Waals surface area contributed by atoms with Crippen LogP contribution in [0.25, 0.3) is 0 Å². The highest BCUT2D eigenvalue weighted by atomic mass is 16.5. The second-order valence-electron chi connectivity index (χ2n) is 5.65. The van der Waals surface area contributed by atoms with Gasteiger partial charge in [0.1, 0.15) is 0 Å². The van der Waals surface area contributed by atoms with E-state index < -0.39 is 0 Å².